The Labute approximate surface area is 133 Å². The summed E-state index contributed by atoms with van der Waals surface area (Å²) in [5, 5.41) is 16.1. The number of phenolic OH excluding ortho intramolecular Hbond substituents is 1. The Morgan fingerprint density at radius 2 is 2.00 bits per heavy atom. The summed E-state index contributed by atoms with van der Waals surface area (Å²) < 4.78 is 0. The molecule has 118 valence electrons. The molecule has 0 unspecified atom stereocenters. The van der Waals surface area contributed by atoms with E-state index in [-0.39, 0.29) is 23.6 Å². The Balaban J connectivity index is 1.89. The molecule has 1 aromatic carbocycles. The van der Waals surface area contributed by atoms with Crippen molar-refractivity contribution in [1.29, 1.82) is 0 Å². The summed E-state index contributed by atoms with van der Waals surface area (Å²) in [5.41, 5.74) is 3.43. The van der Waals surface area contributed by atoms with Gasteiger partial charge in [-0.2, -0.15) is 5.10 Å². The number of anilines is 1. The molecule has 1 heterocycles. The number of nitrogens with zero attached hydrogens (tertiary/aromatic N) is 2. The lowest BCUT2D eigenvalue weighted by molar-refractivity contribution is -0.115. The number of aromatic nitrogens is 1. The fourth-order valence-electron chi connectivity index (χ4n) is 1.79. The number of nitrogens with one attached hydrogen (secondary N) is 2. The van der Waals surface area contributed by atoms with Crippen LogP contribution < -0.4 is 10.7 Å². The van der Waals surface area contributed by atoms with Crippen LogP contribution in [-0.4, -0.2) is 27.6 Å². The highest BCUT2D eigenvalue weighted by Gasteiger charge is 2.10. The molecule has 0 aliphatic heterocycles. The smallest absolute Gasteiger partial charge is 0.275 e. The van der Waals surface area contributed by atoms with Crippen LogP contribution in [0, 0.1) is 0 Å². The van der Waals surface area contributed by atoms with Gasteiger partial charge in [-0.25, -0.2) is 5.43 Å². The molecule has 0 aliphatic carbocycles. The molecule has 0 atom stereocenters. The van der Waals surface area contributed by atoms with Gasteiger partial charge in [-0.05, 0) is 31.2 Å². The van der Waals surface area contributed by atoms with E-state index < -0.39 is 5.91 Å². The zero-order chi connectivity index (χ0) is 16.7. The van der Waals surface area contributed by atoms with Crippen molar-refractivity contribution < 1.29 is 14.7 Å². The first-order valence-electron chi connectivity index (χ1n) is 6.87. The number of phenols is 1. The third-order valence-corrected chi connectivity index (χ3v) is 2.86. The van der Waals surface area contributed by atoms with E-state index in [0.717, 1.165) is 0 Å². The molecule has 1 aromatic heterocycles. The van der Waals surface area contributed by atoms with Gasteiger partial charge in [-0.15, -0.1) is 0 Å². The minimum Gasteiger partial charge on any atom is -0.507 e. The Morgan fingerprint density at radius 1 is 1.22 bits per heavy atom. The molecule has 0 radical (unpaired) electrons. The minimum atomic E-state index is -0.546. The Morgan fingerprint density at radius 3 is 2.70 bits per heavy atom. The fraction of sp³-hybridized carbons (Fsp3) is 0.125. The van der Waals surface area contributed by atoms with Crippen molar-refractivity contribution in [1.82, 2.24) is 10.4 Å². The van der Waals surface area contributed by atoms with Gasteiger partial charge in [0.2, 0.25) is 5.91 Å². The van der Waals surface area contributed by atoms with Gasteiger partial charge >= 0.3 is 0 Å². The number of para-hydroxylation sites is 1. The number of benzene rings is 1. The number of amides is 2. The van der Waals surface area contributed by atoms with Crippen molar-refractivity contribution >= 4 is 23.2 Å². The zero-order valence-corrected chi connectivity index (χ0v) is 12.5. The van der Waals surface area contributed by atoms with Crippen molar-refractivity contribution in [2.75, 3.05) is 5.32 Å². The molecule has 7 nitrogen and oxygen atoms in total. The molecule has 23 heavy (non-hydrogen) atoms. The standard InChI is InChI=1S/C16H16N4O3/c1-11(9-15(22)18-12-5-4-8-17-10-12)19-20-16(23)13-6-2-3-7-14(13)21/h2-8,10,21H,9H2,1H3,(H,18,22)(H,20,23)/b19-11+. The Kier molecular flexibility index (Phi) is 5.40. The number of rotatable bonds is 5. The largest absolute Gasteiger partial charge is 0.507 e. The van der Waals surface area contributed by atoms with Gasteiger partial charge in [-0.3, -0.25) is 14.6 Å². The number of hydrazone groups is 1. The summed E-state index contributed by atoms with van der Waals surface area (Å²) in [7, 11) is 0. The minimum absolute atomic E-state index is 0.0238. The Bertz CT molecular complexity index is 729. The first kappa shape index (κ1) is 16.2. The van der Waals surface area contributed by atoms with Crippen LogP contribution in [0.3, 0.4) is 0 Å². The summed E-state index contributed by atoms with van der Waals surface area (Å²) in [4.78, 5) is 27.6. The van der Waals surface area contributed by atoms with Crippen molar-refractivity contribution in [2.24, 2.45) is 5.10 Å². The van der Waals surface area contributed by atoms with Gasteiger partial charge < -0.3 is 10.4 Å². The highest BCUT2D eigenvalue weighted by Crippen LogP contribution is 2.14. The maximum atomic E-state index is 11.9. The molecular formula is C16H16N4O3. The van der Waals surface area contributed by atoms with Gasteiger partial charge in [0.1, 0.15) is 5.75 Å². The van der Waals surface area contributed by atoms with E-state index in [2.05, 4.69) is 20.8 Å². The molecule has 0 aliphatic rings. The van der Waals surface area contributed by atoms with Gasteiger partial charge in [-0.1, -0.05) is 12.1 Å². The van der Waals surface area contributed by atoms with Gasteiger partial charge in [0.05, 0.1) is 23.9 Å². The average Bonchev–Trinajstić information content (AvgIpc) is 2.54. The second kappa shape index (κ2) is 7.69. The second-order valence-corrected chi connectivity index (χ2v) is 4.77. The number of aromatic hydroxyl groups is 1. The highest BCUT2D eigenvalue weighted by molar-refractivity contribution is 6.06. The molecule has 0 bridgehead atoms. The summed E-state index contributed by atoms with van der Waals surface area (Å²) in [6, 6.07) is 9.56. The topological polar surface area (TPSA) is 104 Å². The lowest BCUT2D eigenvalue weighted by Crippen LogP contribution is -2.21. The van der Waals surface area contributed by atoms with Crippen LogP contribution in [0.5, 0.6) is 5.75 Å². The van der Waals surface area contributed by atoms with Crippen molar-refractivity contribution in [3.63, 3.8) is 0 Å². The van der Waals surface area contributed by atoms with Crippen molar-refractivity contribution in [3.05, 3.63) is 54.4 Å². The van der Waals surface area contributed by atoms with E-state index in [1.54, 1.807) is 37.4 Å². The van der Waals surface area contributed by atoms with Gasteiger partial charge in [0.25, 0.3) is 5.91 Å². The van der Waals surface area contributed by atoms with E-state index in [4.69, 9.17) is 0 Å². The quantitative estimate of drug-likeness (QED) is 0.579. The summed E-state index contributed by atoms with van der Waals surface area (Å²) in [6.07, 6.45) is 3.16. The summed E-state index contributed by atoms with van der Waals surface area (Å²) >= 11 is 0. The first-order chi connectivity index (χ1) is 11.1. The van der Waals surface area contributed by atoms with Crippen LogP contribution in [0.25, 0.3) is 0 Å². The number of pyridine rings is 1. The monoisotopic (exact) mass is 312 g/mol. The molecule has 0 saturated heterocycles. The molecule has 2 aromatic rings. The first-order valence-corrected chi connectivity index (χ1v) is 6.87. The normalized spacial score (nSPS) is 10.9. The zero-order valence-electron chi connectivity index (χ0n) is 12.5. The van der Waals surface area contributed by atoms with Crippen molar-refractivity contribution in [3.8, 4) is 5.75 Å². The number of carbonyl (C=O) groups excluding carboxylic acids is 2. The summed E-state index contributed by atoms with van der Waals surface area (Å²) in [5.74, 6) is -0.946. The SMILES string of the molecule is C/C(CC(=O)Nc1cccnc1)=N\NC(=O)c1ccccc1O. The highest BCUT2D eigenvalue weighted by atomic mass is 16.3. The second-order valence-electron chi connectivity index (χ2n) is 4.77. The maximum absolute atomic E-state index is 11.9. The third kappa shape index (κ3) is 4.92. The van der Waals surface area contributed by atoms with E-state index >= 15 is 0 Å². The summed E-state index contributed by atoms with van der Waals surface area (Å²) in [6.45, 7) is 1.62. The number of hydrogen-bond acceptors (Lipinski definition) is 5. The van der Waals surface area contributed by atoms with E-state index in [1.165, 1.54) is 18.3 Å². The van der Waals surface area contributed by atoms with Gasteiger partial charge in [0, 0.05) is 11.9 Å². The third-order valence-electron chi connectivity index (χ3n) is 2.86. The lowest BCUT2D eigenvalue weighted by Gasteiger charge is -2.05. The van der Waals surface area contributed by atoms with Crippen LogP contribution in [-0.2, 0) is 4.79 Å². The molecular weight excluding hydrogens is 296 g/mol. The molecule has 0 saturated carbocycles. The van der Waals surface area contributed by atoms with Crippen LogP contribution in [0.4, 0.5) is 5.69 Å². The lowest BCUT2D eigenvalue weighted by atomic mass is 10.2. The Hall–Kier alpha value is -3.22. The molecule has 2 rings (SSSR count). The molecule has 7 heteroatoms. The predicted octanol–water partition coefficient (Wildman–Crippen LogP) is 1.92. The molecule has 0 spiro atoms. The molecule has 2 amide bonds. The maximum Gasteiger partial charge on any atom is 0.275 e. The van der Waals surface area contributed by atoms with E-state index in [1.807, 2.05) is 0 Å². The van der Waals surface area contributed by atoms with E-state index in [0.29, 0.717) is 11.4 Å². The van der Waals surface area contributed by atoms with E-state index in [9.17, 15) is 14.7 Å². The average molecular weight is 312 g/mol. The fourth-order valence-corrected chi connectivity index (χ4v) is 1.79. The number of carbonyl (C=O) groups is 2. The van der Waals surface area contributed by atoms with Crippen LogP contribution in [0.15, 0.2) is 53.9 Å². The number of hydrogen-bond donors (Lipinski definition) is 3. The molecule has 3 N–H and O–H groups in total. The van der Waals surface area contributed by atoms with Gasteiger partial charge in [0.15, 0.2) is 0 Å². The predicted molar refractivity (Wildman–Crippen MR) is 86.2 cm³/mol. The van der Waals surface area contributed by atoms with Crippen LogP contribution >= 0.6 is 0 Å². The van der Waals surface area contributed by atoms with Crippen molar-refractivity contribution in [2.45, 2.75) is 13.3 Å². The van der Waals surface area contributed by atoms with Crippen LogP contribution in [0.1, 0.15) is 23.7 Å². The molecule has 0 fully saturated rings. The van der Waals surface area contributed by atoms with Crippen LogP contribution in [0.2, 0.25) is 0 Å².